The largest absolute Gasteiger partial charge is 0.349 e. The highest BCUT2D eigenvalue weighted by Gasteiger charge is 2.45. The number of nitrogens with one attached hydrogen (secondary N) is 1. The van der Waals surface area contributed by atoms with E-state index in [1.165, 1.54) is 56.4 Å². The molecule has 4 rings (SSSR count). The molecule has 1 aromatic carbocycles. The lowest BCUT2D eigenvalue weighted by atomic mass is 9.73. The number of amides is 1. The van der Waals surface area contributed by atoms with E-state index in [2.05, 4.69) is 53.6 Å². The summed E-state index contributed by atoms with van der Waals surface area (Å²) in [7, 11) is 0. The SMILES string of the molecule is CC(=O)NC1CC2(CCN(C[C@H](C)[C@H]3C=CCC3)CC2)c2ccccc21.[HH]. The zero-order valence-corrected chi connectivity index (χ0v) is 16.2. The van der Waals surface area contributed by atoms with Crippen molar-refractivity contribution in [3.05, 3.63) is 47.5 Å². The topological polar surface area (TPSA) is 32.3 Å². The van der Waals surface area contributed by atoms with Gasteiger partial charge in [-0.2, -0.15) is 0 Å². The molecule has 1 spiro atoms. The van der Waals surface area contributed by atoms with Gasteiger partial charge in [0.25, 0.3) is 0 Å². The lowest BCUT2D eigenvalue weighted by molar-refractivity contribution is -0.119. The van der Waals surface area contributed by atoms with Gasteiger partial charge >= 0.3 is 0 Å². The lowest BCUT2D eigenvalue weighted by Crippen LogP contribution is -2.44. The number of carbonyl (C=O) groups excluding carboxylic acids is 1. The van der Waals surface area contributed by atoms with Crippen molar-refractivity contribution in [3.63, 3.8) is 0 Å². The number of benzene rings is 1. The van der Waals surface area contributed by atoms with Crippen molar-refractivity contribution in [2.24, 2.45) is 11.8 Å². The molecule has 1 N–H and O–H groups in total. The van der Waals surface area contributed by atoms with Gasteiger partial charge in [0.05, 0.1) is 6.04 Å². The highest BCUT2D eigenvalue weighted by Crippen LogP contribution is 2.50. The van der Waals surface area contributed by atoms with Gasteiger partial charge in [-0.15, -0.1) is 0 Å². The molecular formula is C23H34N2O. The predicted molar refractivity (Wildman–Crippen MR) is 108 cm³/mol. The molecule has 1 unspecified atom stereocenters. The molecule has 1 aliphatic heterocycles. The Morgan fingerprint density at radius 1 is 1.35 bits per heavy atom. The van der Waals surface area contributed by atoms with Gasteiger partial charge in [0, 0.05) is 20.3 Å². The van der Waals surface area contributed by atoms with Crippen molar-refractivity contribution >= 4 is 5.91 Å². The van der Waals surface area contributed by atoms with Crippen molar-refractivity contribution in [1.82, 2.24) is 10.2 Å². The number of hydrogen-bond acceptors (Lipinski definition) is 2. The van der Waals surface area contributed by atoms with E-state index in [0.29, 0.717) is 0 Å². The zero-order chi connectivity index (χ0) is 18.1. The quantitative estimate of drug-likeness (QED) is 0.810. The van der Waals surface area contributed by atoms with Gasteiger partial charge in [0.15, 0.2) is 0 Å². The van der Waals surface area contributed by atoms with Crippen molar-refractivity contribution in [2.45, 2.75) is 57.4 Å². The molecule has 0 bridgehead atoms. The number of likely N-dealkylation sites (tertiary alicyclic amines) is 1. The Kier molecular flexibility index (Phi) is 4.92. The van der Waals surface area contributed by atoms with Crippen LogP contribution in [0.25, 0.3) is 0 Å². The van der Waals surface area contributed by atoms with Crippen LogP contribution in [0.15, 0.2) is 36.4 Å². The summed E-state index contributed by atoms with van der Waals surface area (Å²) in [5.41, 5.74) is 3.10. The number of allylic oxidation sites excluding steroid dienone is 2. The first kappa shape index (κ1) is 17.8. The lowest BCUT2D eigenvalue weighted by Gasteiger charge is -2.41. The van der Waals surface area contributed by atoms with Gasteiger partial charge in [-0.3, -0.25) is 4.79 Å². The molecule has 3 atom stereocenters. The molecule has 1 heterocycles. The van der Waals surface area contributed by atoms with E-state index in [-0.39, 0.29) is 18.8 Å². The normalized spacial score (nSPS) is 28.2. The minimum atomic E-state index is 0. The van der Waals surface area contributed by atoms with Gasteiger partial charge in [-0.05, 0) is 68.2 Å². The van der Waals surface area contributed by atoms with Crippen LogP contribution in [0.3, 0.4) is 0 Å². The van der Waals surface area contributed by atoms with Crippen LogP contribution in [0.5, 0.6) is 0 Å². The first-order valence-corrected chi connectivity index (χ1v) is 10.3. The van der Waals surface area contributed by atoms with E-state index >= 15 is 0 Å². The monoisotopic (exact) mass is 354 g/mol. The summed E-state index contributed by atoms with van der Waals surface area (Å²) in [6.07, 6.45) is 10.9. The molecule has 26 heavy (non-hydrogen) atoms. The Morgan fingerprint density at radius 3 is 2.81 bits per heavy atom. The number of piperidine rings is 1. The third kappa shape index (κ3) is 3.34. The minimum absolute atomic E-state index is 0. The van der Waals surface area contributed by atoms with E-state index in [0.717, 1.165) is 18.3 Å². The summed E-state index contributed by atoms with van der Waals surface area (Å²) >= 11 is 0. The smallest absolute Gasteiger partial charge is 0.217 e. The third-order valence-electron chi connectivity index (χ3n) is 7.02. The van der Waals surface area contributed by atoms with Gasteiger partial charge in [0.1, 0.15) is 0 Å². The molecule has 1 fully saturated rings. The van der Waals surface area contributed by atoms with Crippen molar-refractivity contribution in [2.75, 3.05) is 19.6 Å². The first-order valence-electron chi connectivity index (χ1n) is 10.3. The fourth-order valence-corrected chi connectivity index (χ4v) is 5.58. The maximum atomic E-state index is 11.7. The van der Waals surface area contributed by atoms with Crippen molar-refractivity contribution in [1.29, 1.82) is 0 Å². The molecule has 1 amide bonds. The molecule has 0 aromatic heterocycles. The van der Waals surface area contributed by atoms with Crippen LogP contribution in [0.2, 0.25) is 0 Å². The summed E-state index contributed by atoms with van der Waals surface area (Å²) in [4.78, 5) is 14.3. The first-order chi connectivity index (χ1) is 12.6. The van der Waals surface area contributed by atoms with Crippen LogP contribution < -0.4 is 5.32 Å². The molecule has 3 nitrogen and oxygen atoms in total. The van der Waals surface area contributed by atoms with Crippen LogP contribution in [-0.4, -0.2) is 30.4 Å². The Hall–Kier alpha value is -1.61. The van der Waals surface area contributed by atoms with E-state index in [1.54, 1.807) is 6.92 Å². The van der Waals surface area contributed by atoms with Gasteiger partial charge in [-0.25, -0.2) is 0 Å². The Morgan fingerprint density at radius 2 is 2.12 bits per heavy atom. The predicted octanol–water partition coefficient (Wildman–Crippen LogP) is 4.45. The van der Waals surface area contributed by atoms with E-state index < -0.39 is 0 Å². The number of fused-ring (bicyclic) bond motifs is 2. The maximum Gasteiger partial charge on any atom is 0.217 e. The Bertz CT molecular complexity index is 693. The summed E-state index contributed by atoms with van der Waals surface area (Å²) in [5, 5.41) is 3.19. The van der Waals surface area contributed by atoms with Crippen LogP contribution in [0, 0.1) is 11.8 Å². The molecule has 2 aliphatic carbocycles. The van der Waals surface area contributed by atoms with E-state index in [1.807, 2.05) is 0 Å². The average molecular weight is 355 g/mol. The van der Waals surface area contributed by atoms with Crippen molar-refractivity contribution in [3.8, 4) is 0 Å². The minimum Gasteiger partial charge on any atom is -0.349 e. The Labute approximate surface area is 159 Å². The fourth-order valence-electron chi connectivity index (χ4n) is 5.58. The van der Waals surface area contributed by atoms with Crippen LogP contribution >= 0.6 is 0 Å². The van der Waals surface area contributed by atoms with E-state index in [9.17, 15) is 4.79 Å². The van der Waals surface area contributed by atoms with Gasteiger partial charge < -0.3 is 10.2 Å². The van der Waals surface area contributed by atoms with E-state index in [4.69, 9.17) is 0 Å². The number of nitrogens with zero attached hydrogens (tertiary/aromatic N) is 1. The molecule has 1 saturated heterocycles. The van der Waals surface area contributed by atoms with Crippen LogP contribution in [0.4, 0.5) is 0 Å². The molecule has 3 aliphatic rings. The summed E-state index contributed by atoms with van der Waals surface area (Å²) in [6, 6.07) is 8.98. The highest BCUT2D eigenvalue weighted by atomic mass is 16.1. The summed E-state index contributed by atoms with van der Waals surface area (Å²) in [6.45, 7) is 7.64. The summed E-state index contributed by atoms with van der Waals surface area (Å²) in [5.74, 6) is 1.62. The number of hydrogen-bond donors (Lipinski definition) is 1. The molecule has 142 valence electrons. The number of rotatable bonds is 4. The summed E-state index contributed by atoms with van der Waals surface area (Å²) < 4.78 is 0. The second-order valence-corrected chi connectivity index (χ2v) is 8.77. The third-order valence-corrected chi connectivity index (χ3v) is 7.02. The zero-order valence-electron chi connectivity index (χ0n) is 16.2. The second kappa shape index (κ2) is 7.19. The second-order valence-electron chi connectivity index (χ2n) is 8.77. The highest BCUT2D eigenvalue weighted by molar-refractivity contribution is 5.73. The average Bonchev–Trinajstić information content (AvgIpc) is 3.25. The van der Waals surface area contributed by atoms with Crippen LogP contribution in [-0.2, 0) is 10.2 Å². The van der Waals surface area contributed by atoms with Gasteiger partial charge in [0.2, 0.25) is 5.91 Å². The maximum absolute atomic E-state index is 11.7. The molecule has 0 radical (unpaired) electrons. The number of carbonyl (C=O) groups is 1. The molecule has 1 aromatic rings. The standard InChI is InChI=1S/C23H32N2O.H2/c1-17(19-7-3-4-8-19)16-25-13-11-23(12-14-25)15-22(24-18(2)26)20-9-5-6-10-21(20)23;/h3,5-7,9-10,17,19,22H,4,8,11-16H2,1-2H3,(H,24,26);1H/t17-,19-,22?;/m0./s1. The fraction of sp³-hybridized carbons (Fsp3) is 0.609. The van der Waals surface area contributed by atoms with Crippen LogP contribution in [0.1, 0.15) is 64.5 Å². The van der Waals surface area contributed by atoms with Gasteiger partial charge in [-0.1, -0.05) is 43.3 Å². The molecular weight excluding hydrogens is 320 g/mol. The molecule has 0 saturated carbocycles. The Balaban J connectivity index is 0.00000210. The van der Waals surface area contributed by atoms with Crippen molar-refractivity contribution < 1.29 is 6.22 Å². The molecule has 3 heteroatoms.